The molecule has 1 rings (SSSR count). The van der Waals surface area contributed by atoms with E-state index < -0.39 is 6.04 Å². The Morgan fingerprint density at radius 3 is 2.06 bits per heavy atom. The fourth-order valence-corrected chi connectivity index (χ4v) is 1.76. The lowest BCUT2D eigenvalue weighted by molar-refractivity contribution is 0.267. The topological polar surface area (TPSA) is 64.7 Å². The summed E-state index contributed by atoms with van der Waals surface area (Å²) in [5.74, 6) is 1.27. The number of nitrogens with two attached hydrogens (primary N) is 1. The van der Waals surface area contributed by atoms with E-state index in [0.29, 0.717) is 11.5 Å². The largest absolute Gasteiger partial charge is 0.495 e. The second-order valence-corrected chi connectivity index (χ2v) is 3.82. The third kappa shape index (κ3) is 3.25. The van der Waals surface area contributed by atoms with Gasteiger partial charge in [-0.1, -0.05) is 0 Å². The van der Waals surface area contributed by atoms with Crippen LogP contribution >= 0.6 is 28.3 Å². The molecule has 0 radical (unpaired) electrons. The number of benzene rings is 1. The number of aliphatic hydroxyl groups excluding tert-OH is 1. The number of ether oxygens (including phenoxy) is 2. The summed E-state index contributed by atoms with van der Waals surface area (Å²) in [6.45, 7) is -0.117. The standard InChI is InChI=1S/C10H14BrNO3.ClH/c1-14-8-3-6(7(12)5-13)4-9(15-2)10(8)11;/h3-4,7,13H,5,12H2,1-2H3;1H/t7-;/m0./s1. The Kier molecular flexibility index (Phi) is 6.74. The summed E-state index contributed by atoms with van der Waals surface area (Å²) in [5.41, 5.74) is 6.49. The molecule has 0 heterocycles. The molecule has 1 aromatic carbocycles. The predicted octanol–water partition coefficient (Wildman–Crippen LogP) is 1.88. The van der Waals surface area contributed by atoms with Gasteiger partial charge in [0.2, 0.25) is 0 Å². The van der Waals surface area contributed by atoms with E-state index >= 15 is 0 Å². The molecule has 6 heteroatoms. The highest BCUT2D eigenvalue weighted by Crippen LogP contribution is 2.36. The van der Waals surface area contributed by atoms with Gasteiger partial charge >= 0.3 is 0 Å². The fraction of sp³-hybridized carbons (Fsp3) is 0.400. The Labute approximate surface area is 109 Å². The highest BCUT2D eigenvalue weighted by atomic mass is 79.9. The molecule has 3 N–H and O–H groups in total. The number of halogens is 2. The molecule has 0 amide bonds. The molecule has 0 aliphatic carbocycles. The van der Waals surface area contributed by atoms with Crippen molar-refractivity contribution in [3.05, 3.63) is 22.2 Å². The molecule has 0 bridgehead atoms. The molecular weight excluding hydrogens is 297 g/mol. The van der Waals surface area contributed by atoms with Gasteiger partial charge in [-0.25, -0.2) is 0 Å². The van der Waals surface area contributed by atoms with Crippen LogP contribution in [0.15, 0.2) is 16.6 Å². The maximum atomic E-state index is 8.97. The maximum Gasteiger partial charge on any atom is 0.137 e. The van der Waals surface area contributed by atoms with Crippen LogP contribution in [0.4, 0.5) is 0 Å². The van der Waals surface area contributed by atoms with Crippen LogP contribution in [-0.4, -0.2) is 25.9 Å². The van der Waals surface area contributed by atoms with E-state index in [1.807, 2.05) is 0 Å². The van der Waals surface area contributed by atoms with Gasteiger partial charge in [0.1, 0.15) is 16.0 Å². The van der Waals surface area contributed by atoms with E-state index in [0.717, 1.165) is 10.0 Å². The lowest BCUT2D eigenvalue weighted by Gasteiger charge is -2.14. The second-order valence-electron chi connectivity index (χ2n) is 3.03. The van der Waals surface area contributed by atoms with Crippen molar-refractivity contribution in [2.24, 2.45) is 5.73 Å². The lowest BCUT2D eigenvalue weighted by Crippen LogP contribution is -2.14. The highest BCUT2D eigenvalue weighted by molar-refractivity contribution is 9.10. The van der Waals surface area contributed by atoms with Gasteiger partial charge in [0.05, 0.1) is 26.9 Å². The smallest absolute Gasteiger partial charge is 0.137 e. The first-order chi connectivity index (χ1) is 7.13. The average molecular weight is 313 g/mol. The van der Waals surface area contributed by atoms with Crippen LogP contribution in [0.5, 0.6) is 11.5 Å². The van der Waals surface area contributed by atoms with E-state index in [9.17, 15) is 0 Å². The third-order valence-corrected chi connectivity index (χ3v) is 2.87. The first-order valence-electron chi connectivity index (χ1n) is 4.41. The quantitative estimate of drug-likeness (QED) is 0.891. The zero-order valence-electron chi connectivity index (χ0n) is 9.07. The molecule has 0 aromatic heterocycles. The van der Waals surface area contributed by atoms with Crippen molar-refractivity contribution in [1.82, 2.24) is 0 Å². The molecule has 0 aliphatic heterocycles. The Hall–Kier alpha value is -0.490. The van der Waals surface area contributed by atoms with E-state index in [2.05, 4.69) is 15.9 Å². The third-order valence-electron chi connectivity index (χ3n) is 2.09. The minimum atomic E-state index is -0.430. The van der Waals surface area contributed by atoms with E-state index in [1.165, 1.54) is 0 Å². The molecule has 1 atom stereocenters. The summed E-state index contributed by atoms with van der Waals surface area (Å²) < 4.78 is 11.1. The van der Waals surface area contributed by atoms with Gasteiger partial charge in [-0.2, -0.15) is 0 Å². The van der Waals surface area contributed by atoms with Crippen LogP contribution in [0.3, 0.4) is 0 Å². The van der Waals surface area contributed by atoms with Gasteiger partial charge in [-0.3, -0.25) is 0 Å². The van der Waals surface area contributed by atoms with Crippen LogP contribution in [-0.2, 0) is 0 Å². The summed E-state index contributed by atoms with van der Waals surface area (Å²) in [4.78, 5) is 0. The van der Waals surface area contributed by atoms with Crippen LogP contribution in [0.1, 0.15) is 11.6 Å². The molecule has 92 valence electrons. The highest BCUT2D eigenvalue weighted by Gasteiger charge is 2.13. The average Bonchev–Trinajstić information content (AvgIpc) is 2.28. The molecule has 0 spiro atoms. The van der Waals surface area contributed by atoms with Crippen molar-refractivity contribution < 1.29 is 14.6 Å². The van der Waals surface area contributed by atoms with Crippen molar-refractivity contribution in [2.75, 3.05) is 20.8 Å². The molecule has 0 aliphatic rings. The zero-order valence-corrected chi connectivity index (χ0v) is 11.5. The summed E-state index contributed by atoms with van der Waals surface area (Å²) in [6.07, 6.45) is 0. The Bertz CT molecular complexity index is 324. The van der Waals surface area contributed by atoms with Gasteiger partial charge in [0, 0.05) is 0 Å². The molecule has 0 unspecified atom stereocenters. The first-order valence-corrected chi connectivity index (χ1v) is 5.21. The van der Waals surface area contributed by atoms with Crippen LogP contribution in [0.2, 0.25) is 0 Å². The molecule has 4 nitrogen and oxygen atoms in total. The summed E-state index contributed by atoms with van der Waals surface area (Å²) in [6, 6.07) is 3.11. The predicted molar refractivity (Wildman–Crippen MR) is 68.5 cm³/mol. The van der Waals surface area contributed by atoms with Gasteiger partial charge in [-0.15, -0.1) is 12.4 Å². The lowest BCUT2D eigenvalue weighted by atomic mass is 10.1. The summed E-state index contributed by atoms with van der Waals surface area (Å²) >= 11 is 3.35. The Morgan fingerprint density at radius 2 is 1.75 bits per heavy atom. The Balaban J connectivity index is 0.00000225. The number of hydrogen-bond donors (Lipinski definition) is 2. The molecule has 16 heavy (non-hydrogen) atoms. The van der Waals surface area contributed by atoms with Gasteiger partial charge in [-0.05, 0) is 33.6 Å². The fourth-order valence-electron chi connectivity index (χ4n) is 1.21. The molecule has 0 fully saturated rings. The van der Waals surface area contributed by atoms with E-state index in [-0.39, 0.29) is 19.0 Å². The number of aliphatic hydroxyl groups is 1. The normalized spacial score (nSPS) is 11.6. The summed E-state index contributed by atoms with van der Waals surface area (Å²) in [5, 5.41) is 8.97. The van der Waals surface area contributed by atoms with Crippen LogP contribution in [0, 0.1) is 0 Å². The SMILES string of the molecule is COc1cc([C@@H](N)CO)cc(OC)c1Br.Cl. The van der Waals surface area contributed by atoms with E-state index in [1.54, 1.807) is 26.4 Å². The van der Waals surface area contributed by atoms with Gasteiger partial charge < -0.3 is 20.3 Å². The summed E-state index contributed by atoms with van der Waals surface area (Å²) in [7, 11) is 3.13. The van der Waals surface area contributed by atoms with Crippen molar-refractivity contribution in [3.8, 4) is 11.5 Å². The number of rotatable bonds is 4. The minimum Gasteiger partial charge on any atom is -0.495 e. The van der Waals surface area contributed by atoms with Gasteiger partial charge in [0.25, 0.3) is 0 Å². The van der Waals surface area contributed by atoms with E-state index in [4.69, 9.17) is 20.3 Å². The van der Waals surface area contributed by atoms with Crippen molar-refractivity contribution in [3.63, 3.8) is 0 Å². The maximum absolute atomic E-state index is 8.97. The molecule has 0 saturated carbocycles. The van der Waals surface area contributed by atoms with Gasteiger partial charge in [0.15, 0.2) is 0 Å². The van der Waals surface area contributed by atoms with Crippen LogP contribution < -0.4 is 15.2 Å². The van der Waals surface area contributed by atoms with Crippen molar-refractivity contribution in [1.29, 1.82) is 0 Å². The van der Waals surface area contributed by atoms with Crippen molar-refractivity contribution >= 4 is 28.3 Å². The van der Waals surface area contributed by atoms with Crippen molar-refractivity contribution in [2.45, 2.75) is 6.04 Å². The van der Waals surface area contributed by atoms with Crippen LogP contribution in [0.25, 0.3) is 0 Å². The molecule has 0 saturated heterocycles. The minimum absolute atomic E-state index is 0. The molecular formula is C10H15BrClNO3. The zero-order chi connectivity index (χ0) is 11.4. The first kappa shape index (κ1) is 15.5. The Morgan fingerprint density at radius 1 is 1.31 bits per heavy atom. The number of methoxy groups -OCH3 is 2. The molecule has 1 aromatic rings. The number of hydrogen-bond acceptors (Lipinski definition) is 4. The second kappa shape index (κ2) is 6.96. The monoisotopic (exact) mass is 311 g/mol.